The van der Waals surface area contributed by atoms with Crippen molar-refractivity contribution in [2.24, 2.45) is 0 Å². The molecular formula is C10H16N2O3S. The average Bonchev–Trinajstić information content (AvgIpc) is 2.19. The maximum atomic E-state index is 11.6. The van der Waals surface area contributed by atoms with Crippen LogP contribution in [-0.4, -0.2) is 26.2 Å². The van der Waals surface area contributed by atoms with Crippen LogP contribution in [-0.2, 0) is 15.8 Å². The van der Waals surface area contributed by atoms with E-state index < -0.39 is 16.1 Å². The Morgan fingerprint density at radius 2 is 2.06 bits per heavy atom. The van der Waals surface area contributed by atoms with Crippen molar-refractivity contribution in [1.82, 2.24) is 4.72 Å². The minimum absolute atomic E-state index is 0.00900. The number of anilines is 1. The second kappa shape index (κ2) is 5.29. The van der Waals surface area contributed by atoms with Gasteiger partial charge in [-0.2, -0.15) is 0 Å². The van der Waals surface area contributed by atoms with E-state index in [1.165, 1.54) is 6.92 Å². The lowest BCUT2D eigenvalue weighted by molar-refractivity contribution is 0.198. The van der Waals surface area contributed by atoms with E-state index in [4.69, 9.17) is 10.8 Å². The highest BCUT2D eigenvalue weighted by molar-refractivity contribution is 7.88. The molecule has 0 fully saturated rings. The van der Waals surface area contributed by atoms with E-state index in [1.807, 2.05) is 0 Å². The van der Waals surface area contributed by atoms with E-state index in [0.29, 0.717) is 11.3 Å². The summed E-state index contributed by atoms with van der Waals surface area (Å²) in [7, 11) is -3.44. The number of hydrogen-bond acceptors (Lipinski definition) is 4. The predicted octanol–water partition coefficient (Wildman–Crippen LogP) is 0.0690. The van der Waals surface area contributed by atoms with Crippen molar-refractivity contribution in [3.05, 3.63) is 29.8 Å². The van der Waals surface area contributed by atoms with Crippen molar-refractivity contribution in [3.8, 4) is 0 Å². The summed E-state index contributed by atoms with van der Waals surface area (Å²) in [6.45, 7) is 1.52. The van der Waals surface area contributed by atoms with Crippen molar-refractivity contribution in [2.75, 3.05) is 12.3 Å². The number of hydrogen-bond donors (Lipinski definition) is 3. The fourth-order valence-corrected chi connectivity index (χ4v) is 2.44. The van der Waals surface area contributed by atoms with Crippen LogP contribution in [0.25, 0.3) is 0 Å². The van der Waals surface area contributed by atoms with Crippen LogP contribution >= 0.6 is 0 Å². The molecule has 0 aromatic heterocycles. The van der Waals surface area contributed by atoms with Gasteiger partial charge in [-0.1, -0.05) is 18.2 Å². The topological polar surface area (TPSA) is 92.4 Å². The third kappa shape index (κ3) is 4.18. The lowest BCUT2D eigenvalue weighted by Gasteiger charge is -2.09. The van der Waals surface area contributed by atoms with Gasteiger partial charge in [-0.05, 0) is 18.6 Å². The second-order valence-corrected chi connectivity index (χ2v) is 5.46. The van der Waals surface area contributed by atoms with Crippen molar-refractivity contribution < 1.29 is 13.5 Å². The summed E-state index contributed by atoms with van der Waals surface area (Å²) in [5, 5.41) is 8.98. The number of para-hydroxylation sites is 1. The molecule has 1 atom stereocenters. The van der Waals surface area contributed by atoms with E-state index in [9.17, 15) is 8.42 Å². The maximum Gasteiger partial charge on any atom is 0.215 e. The lowest BCUT2D eigenvalue weighted by Crippen LogP contribution is -2.31. The summed E-state index contributed by atoms with van der Waals surface area (Å²) in [5.74, 6) is -0.174. The van der Waals surface area contributed by atoms with Crippen molar-refractivity contribution in [1.29, 1.82) is 0 Å². The van der Waals surface area contributed by atoms with E-state index in [2.05, 4.69) is 4.72 Å². The van der Waals surface area contributed by atoms with Gasteiger partial charge >= 0.3 is 0 Å². The predicted molar refractivity (Wildman–Crippen MR) is 63.2 cm³/mol. The Morgan fingerprint density at radius 1 is 1.44 bits per heavy atom. The van der Waals surface area contributed by atoms with Crippen molar-refractivity contribution in [3.63, 3.8) is 0 Å². The number of benzene rings is 1. The first kappa shape index (κ1) is 13.0. The number of nitrogens with two attached hydrogens (primary N) is 1. The van der Waals surface area contributed by atoms with Crippen LogP contribution in [0.1, 0.15) is 12.5 Å². The van der Waals surface area contributed by atoms with Crippen LogP contribution in [0.3, 0.4) is 0 Å². The summed E-state index contributed by atoms with van der Waals surface area (Å²) in [6, 6.07) is 6.79. The maximum absolute atomic E-state index is 11.6. The van der Waals surface area contributed by atoms with E-state index >= 15 is 0 Å². The molecule has 0 heterocycles. The Labute approximate surface area is 95.3 Å². The zero-order chi connectivity index (χ0) is 12.2. The molecule has 0 aliphatic carbocycles. The third-order valence-electron chi connectivity index (χ3n) is 2.00. The third-order valence-corrected chi connectivity index (χ3v) is 3.30. The molecule has 0 spiro atoms. The molecule has 1 aromatic rings. The highest BCUT2D eigenvalue weighted by Crippen LogP contribution is 2.13. The van der Waals surface area contributed by atoms with Gasteiger partial charge < -0.3 is 10.8 Å². The van der Waals surface area contributed by atoms with Gasteiger partial charge in [0, 0.05) is 12.2 Å². The van der Waals surface area contributed by atoms with Crippen LogP contribution in [0.2, 0.25) is 0 Å². The van der Waals surface area contributed by atoms with Crippen LogP contribution in [0.15, 0.2) is 24.3 Å². The monoisotopic (exact) mass is 244 g/mol. The number of aliphatic hydroxyl groups is 1. The normalized spacial score (nSPS) is 13.6. The SMILES string of the molecule is C[C@@H](O)CNS(=O)(=O)Cc1ccccc1N. The van der Waals surface area contributed by atoms with E-state index in [-0.39, 0.29) is 12.3 Å². The van der Waals surface area contributed by atoms with Crippen LogP contribution in [0.5, 0.6) is 0 Å². The van der Waals surface area contributed by atoms with Crippen molar-refractivity contribution in [2.45, 2.75) is 18.8 Å². The quantitative estimate of drug-likeness (QED) is 0.639. The molecule has 0 amide bonds. The molecule has 1 aromatic carbocycles. The minimum Gasteiger partial charge on any atom is -0.398 e. The Morgan fingerprint density at radius 3 is 2.62 bits per heavy atom. The largest absolute Gasteiger partial charge is 0.398 e. The van der Waals surface area contributed by atoms with Gasteiger partial charge in [0.05, 0.1) is 11.9 Å². The highest BCUT2D eigenvalue weighted by atomic mass is 32.2. The number of rotatable bonds is 5. The molecular weight excluding hydrogens is 228 g/mol. The molecule has 1 rings (SSSR count). The van der Waals surface area contributed by atoms with Gasteiger partial charge in [-0.25, -0.2) is 13.1 Å². The Hall–Kier alpha value is -1.11. The Balaban J connectivity index is 2.70. The number of aliphatic hydroxyl groups excluding tert-OH is 1. The minimum atomic E-state index is -3.44. The van der Waals surface area contributed by atoms with Crippen LogP contribution in [0.4, 0.5) is 5.69 Å². The Kier molecular flexibility index (Phi) is 4.28. The molecule has 4 N–H and O–H groups in total. The van der Waals surface area contributed by atoms with Gasteiger partial charge in [0.1, 0.15) is 0 Å². The molecule has 0 aliphatic rings. The first-order valence-corrected chi connectivity index (χ1v) is 6.55. The molecule has 0 unspecified atom stereocenters. The van der Waals surface area contributed by atoms with Gasteiger partial charge in [0.15, 0.2) is 0 Å². The smallest absolute Gasteiger partial charge is 0.215 e. The number of nitrogens with one attached hydrogen (secondary N) is 1. The fourth-order valence-electron chi connectivity index (χ4n) is 1.17. The highest BCUT2D eigenvalue weighted by Gasteiger charge is 2.13. The summed E-state index contributed by atoms with van der Waals surface area (Å²) in [6.07, 6.45) is -0.706. The average molecular weight is 244 g/mol. The second-order valence-electron chi connectivity index (χ2n) is 3.66. The summed E-state index contributed by atoms with van der Waals surface area (Å²) in [4.78, 5) is 0. The molecule has 0 bridgehead atoms. The summed E-state index contributed by atoms with van der Waals surface area (Å²) in [5.41, 5.74) is 6.65. The Bertz CT molecular complexity index is 443. The number of sulfonamides is 1. The summed E-state index contributed by atoms with van der Waals surface area (Å²) < 4.78 is 25.5. The van der Waals surface area contributed by atoms with Gasteiger partial charge in [-0.15, -0.1) is 0 Å². The lowest BCUT2D eigenvalue weighted by atomic mass is 10.2. The zero-order valence-electron chi connectivity index (χ0n) is 9.05. The zero-order valence-corrected chi connectivity index (χ0v) is 9.87. The fraction of sp³-hybridized carbons (Fsp3) is 0.400. The number of nitrogen functional groups attached to an aromatic ring is 1. The molecule has 0 saturated carbocycles. The molecule has 6 heteroatoms. The molecule has 0 aliphatic heterocycles. The molecule has 90 valence electrons. The molecule has 0 radical (unpaired) electrons. The first-order chi connectivity index (χ1) is 7.41. The van der Waals surface area contributed by atoms with Gasteiger partial charge in [0.25, 0.3) is 0 Å². The van der Waals surface area contributed by atoms with E-state index in [1.54, 1.807) is 24.3 Å². The molecule has 5 nitrogen and oxygen atoms in total. The van der Waals surface area contributed by atoms with Gasteiger partial charge in [-0.3, -0.25) is 0 Å². The summed E-state index contributed by atoms with van der Waals surface area (Å²) >= 11 is 0. The first-order valence-electron chi connectivity index (χ1n) is 4.89. The van der Waals surface area contributed by atoms with Crippen LogP contribution in [0, 0.1) is 0 Å². The van der Waals surface area contributed by atoms with Crippen molar-refractivity contribution >= 4 is 15.7 Å². The standard InChI is InChI=1S/C10H16N2O3S/c1-8(13)6-12-16(14,15)7-9-4-2-3-5-10(9)11/h2-5,8,12-13H,6-7,11H2,1H3/t8-/m1/s1. The van der Waals surface area contributed by atoms with Crippen LogP contribution < -0.4 is 10.5 Å². The van der Waals surface area contributed by atoms with E-state index in [0.717, 1.165) is 0 Å². The molecule has 16 heavy (non-hydrogen) atoms. The van der Waals surface area contributed by atoms with Gasteiger partial charge in [0.2, 0.25) is 10.0 Å². The molecule has 0 saturated heterocycles.